The summed E-state index contributed by atoms with van der Waals surface area (Å²) in [5, 5.41) is 2.90. The van der Waals surface area contributed by atoms with Gasteiger partial charge in [0.25, 0.3) is 0 Å². The number of carbonyl (C=O) groups is 1. The van der Waals surface area contributed by atoms with E-state index in [9.17, 15) is 4.79 Å². The topological polar surface area (TPSA) is 29.1 Å². The standard InChI is InChI=1S/C9H18BrNOS/c1-3-8(10)4-6-11-9(12)5-7-13-2/h8H,3-7H2,1-2H3,(H,11,12). The molecule has 0 heterocycles. The highest BCUT2D eigenvalue weighted by Crippen LogP contribution is 2.07. The predicted molar refractivity (Wildman–Crippen MR) is 63.6 cm³/mol. The van der Waals surface area contributed by atoms with Crippen molar-refractivity contribution in [2.45, 2.75) is 31.0 Å². The first-order valence-corrected chi connectivity index (χ1v) is 6.91. The first-order valence-electron chi connectivity index (χ1n) is 4.60. The molecule has 78 valence electrons. The Morgan fingerprint density at radius 3 is 2.85 bits per heavy atom. The number of rotatable bonds is 7. The molecule has 0 aromatic rings. The minimum atomic E-state index is 0.171. The number of carbonyl (C=O) groups excluding carboxylic acids is 1. The van der Waals surface area contributed by atoms with Gasteiger partial charge >= 0.3 is 0 Å². The maximum absolute atomic E-state index is 11.1. The molecular weight excluding hydrogens is 250 g/mol. The Morgan fingerprint density at radius 2 is 2.31 bits per heavy atom. The lowest BCUT2D eigenvalue weighted by molar-refractivity contribution is -0.120. The van der Waals surface area contributed by atoms with Gasteiger partial charge in [-0.1, -0.05) is 22.9 Å². The zero-order chi connectivity index (χ0) is 10.1. The van der Waals surface area contributed by atoms with Crippen LogP contribution < -0.4 is 5.32 Å². The SMILES string of the molecule is CCC(Br)CCNC(=O)CCSC. The molecule has 0 fully saturated rings. The van der Waals surface area contributed by atoms with Crippen LogP contribution >= 0.6 is 27.7 Å². The van der Waals surface area contributed by atoms with Crippen molar-refractivity contribution in [3.8, 4) is 0 Å². The largest absolute Gasteiger partial charge is 0.356 e. The molecule has 0 aliphatic rings. The van der Waals surface area contributed by atoms with E-state index in [1.165, 1.54) is 0 Å². The maximum atomic E-state index is 11.1. The molecule has 0 spiro atoms. The van der Waals surface area contributed by atoms with Crippen molar-refractivity contribution in [3.05, 3.63) is 0 Å². The van der Waals surface area contributed by atoms with Crippen LogP contribution in [0.25, 0.3) is 0 Å². The maximum Gasteiger partial charge on any atom is 0.220 e. The fourth-order valence-corrected chi connectivity index (χ4v) is 1.47. The molecule has 4 heteroatoms. The summed E-state index contributed by atoms with van der Waals surface area (Å²) in [5.74, 6) is 1.09. The average Bonchev–Trinajstić information content (AvgIpc) is 2.14. The van der Waals surface area contributed by atoms with E-state index in [2.05, 4.69) is 28.2 Å². The second kappa shape index (κ2) is 8.88. The van der Waals surface area contributed by atoms with E-state index in [0.717, 1.165) is 25.1 Å². The highest BCUT2D eigenvalue weighted by molar-refractivity contribution is 9.09. The Bertz CT molecular complexity index is 144. The van der Waals surface area contributed by atoms with Crippen LogP contribution in [0.3, 0.4) is 0 Å². The number of hydrogen-bond donors (Lipinski definition) is 1. The highest BCUT2D eigenvalue weighted by Gasteiger charge is 2.02. The molecule has 2 nitrogen and oxygen atoms in total. The third-order valence-corrected chi connectivity index (χ3v) is 3.47. The predicted octanol–water partition coefficient (Wildman–Crippen LogP) is 2.42. The van der Waals surface area contributed by atoms with E-state index in [4.69, 9.17) is 0 Å². The molecule has 1 amide bonds. The number of halogens is 1. The molecule has 13 heavy (non-hydrogen) atoms. The van der Waals surface area contributed by atoms with Crippen LogP contribution in [0.2, 0.25) is 0 Å². The van der Waals surface area contributed by atoms with Gasteiger partial charge in [0.05, 0.1) is 0 Å². The second-order valence-electron chi connectivity index (χ2n) is 2.89. The lowest BCUT2D eigenvalue weighted by Crippen LogP contribution is -2.26. The van der Waals surface area contributed by atoms with Crippen LogP contribution in [0.4, 0.5) is 0 Å². The molecule has 1 unspecified atom stereocenters. The monoisotopic (exact) mass is 267 g/mol. The molecule has 0 radical (unpaired) electrons. The molecule has 0 aromatic carbocycles. The van der Waals surface area contributed by atoms with Gasteiger partial charge in [0.2, 0.25) is 5.91 Å². The van der Waals surface area contributed by atoms with Crippen LogP contribution in [0.5, 0.6) is 0 Å². The Hall–Kier alpha value is 0.300. The lowest BCUT2D eigenvalue weighted by atomic mass is 10.2. The summed E-state index contributed by atoms with van der Waals surface area (Å²) < 4.78 is 0. The van der Waals surface area contributed by atoms with Crippen LogP contribution in [0.1, 0.15) is 26.2 Å². The molecule has 0 rings (SSSR count). The van der Waals surface area contributed by atoms with Gasteiger partial charge in [0.1, 0.15) is 0 Å². The number of amides is 1. The van der Waals surface area contributed by atoms with Crippen LogP contribution in [-0.2, 0) is 4.79 Å². The average molecular weight is 268 g/mol. The van der Waals surface area contributed by atoms with Gasteiger partial charge in [-0.25, -0.2) is 0 Å². The van der Waals surface area contributed by atoms with E-state index < -0.39 is 0 Å². The van der Waals surface area contributed by atoms with Crippen molar-refractivity contribution >= 4 is 33.6 Å². The van der Waals surface area contributed by atoms with Crippen LogP contribution in [0.15, 0.2) is 0 Å². The van der Waals surface area contributed by atoms with Gasteiger partial charge in [-0.15, -0.1) is 0 Å². The minimum absolute atomic E-state index is 0.171. The number of thioether (sulfide) groups is 1. The van der Waals surface area contributed by atoms with E-state index >= 15 is 0 Å². The van der Waals surface area contributed by atoms with Crippen molar-refractivity contribution < 1.29 is 4.79 Å². The third-order valence-electron chi connectivity index (χ3n) is 1.76. The zero-order valence-corrected chi connectivity index (χ0v) is 10.7. The number of nitrogens with one attached hydrogen (secondary N) is 1. The van der Waals surface area contributed by atoms with E-state index in [1.807, 2.05) is 6.26 Å². The number of alkyl halides is 1. The molecule has 0 saturated carbocycles. The highest BCUT2D eigenvalue weighted by atomic mass is 79.9. The second-order valence-corrected chi connectivity index (χ2v) is 5.17. The van der Waals surface area contributed by atoms with Crippen LogP contribution in [0, 0.1) is 0 Å². The summed E-state index contributed by atoms with van der Waals surface area (Å²) in [5.41, 5.74) is 0. The summed E-state index contributed by atoms with van der Waals surface area (Å²) in [6, 6.07) is 0. The van der Waals surface area contributed by atoms with Gasteiger partial charge in [-0.2, -0.15) is 11.8 Å². The zero-order valence-electron chi connectivity index (χ0n) is 8.31. The van der Waals surface area contributed by atoms with Crippen LogP contribution in [-0.4, -0.2) is 29.3 Å². The lowest BCUT2D eigenvalue weighted by Gasteiger charge is -2.07. The van der Waals surface area contributed by atoms with Crippen molar-refractivity contribution in [2.75, 3.05) is 18.6 Å². The fourth-order valence-electron chi connectivity index (χ4n) is 0.855. The molecular formula is C9H18BrNOS. The Labute approximate surface area is 93.4 Å². The molecule has 0 saturated heterocycles. The first-order chi connectivity index (χ1) is 6.20. The molecule has 1 N–H and O–H groups in total. The molecule has 0 bridgehead atoms. The summed E-state index contributed by atoms with van der Waals surface area (Å²) >= 11 is 5.23. The van der Waals surface area contributed by atoms with Gasteiger partial charge < -0.3 is 5.32 Å². The Balaban J connectivity index is 3.26. The molecule has 0 aromatic heterocycles. The Kier molecular flexibility index (Phi) is 9.08. The Morgan fingerprint density at radius 1 is 1.62 bits per heavy atom. The smallest absolute Gasteiger partial charge is 0.220 e. The van der Waals surface area contributed by atoms with Gasteiger partial charge in [0, 0.05) is 23.5 Å². The van der Waals surface area contributed by atoms with Crippen molar-refractivity contribution in [1.29, 1.82) is 0 Å². The van der Waals surface area contributed by atoms with Gasteiger partial charge in [-0.05, 0) is 19.1 Å². The van der Waals surface area contributed by atoms with Crippen molar-refractivity contribution in [1.82, 2.24) is 5.32 Å². The van der Waals surface area contributed by atoms with Gasteiger partial charge in [0.15, 0.2) is 0 Å². The minimum Gasteiger partial charge on any atom is -0.356 e. The van der Waals surface area contributed by atoms with E-state index in [1.54, 1.807) is 11.8 Å². The molecule has 0 aliphatic carbocycles. The molecule has 1 atom stereocenters. The first kappa shape index (κ1) is 13.3. The fraction of sp³-hybridized carbons (Fsp3) is 0.889. The van der Waals surface area contributed by atoms with E-state index in [-0.39, 0.29) is 5.91 Å². The molecule has 0 aliphatic heterocycles. The van der Waals surface area contributed by atoms with E-state index in [0.29, 0.717) is 11.2 Å². The third kappa shape index (κ3) is 8.63. The summed E-state index contributed by atoms with van der Waals surface area (Å²) in [7, 11) is 0. The van der Waals surface area contributed by atoms with Gasteiger partial charge in [-0.3, -0.25) is 4.79 Å². The van der Waals surface area contributed by atoms with Crippen molar-refractivity contribution in [2.24, 2.45) is 0 Å². The number of hydrogen-bond acceptors (Lipinski definition) is 2. The normalized spacial score (nSPS) is 12.5. The van der Waals surface area contributed by atoms with Crippen molar-refractivity contribution in [3.63, 3.8) is 0 Å². The summed E-state index contributed by atoms with van der Waals surface area (Å²) in [6.45, 7) is 2.92. The summed E-state index contributed by atoms with van der Waals surface area (Å²) in [4.78, 5) is 11.7. The quantitative estimate of drug-likeness (QED) is 0.718. The summed E-state index contributed by atoms with van der Waals surface area (Å²) in [6.07, 6.45) is 4.78.